The molecule has 1 aliphatic heterocycles. The fourth-order valence-corrected chi connectivity index (χ4v) is 6.26. The lowest BCUT2D eigenvalue weighted by Crippen LogP contribution is -2.41. The van der Waals surface area contributed by atoms with Crippen LogP contribution in [0.25, 0.3) is 27.8 Å². The maximum absolute atomic E-state index is 6.82. The summed E-state index contributed by atoms with van der Waals surface area (Å²) in [6.45, 7) is 3.99. The average Bonchev–Trinajstić information content (AvgIpc) is 3.50. The van der Waals surface area contributed by atoms with Crippen molar-refractivity contribution in [2.75, 3.05) is 18.0 Å². The molecule has 0 N–H and O–H groups in total. The molecule has 2 aliphatic rings. The summed E-state index contributed by atoms with van der Waals surface area (Å²) in [4.78, 5) is 21.0. The van der Waals surface area contributed by atoms with E-state index in [1.165, 1.54) is 11.3 Å². The molecule has 7 nitrogen and oxygen atoms in total. The van der Waals surface area contributed by atoms with Gasteiger partial charge in [-0.25, -0.2) is 9.50 Å². The van der Waals surface area contributed by atoms with Crippen molar-refractivity contribution in [2.24, 2.45) is 5.41 Å². The molecule has 8 heteroatoms. The van der Waals surface area contributed by atoms with Gasteiger partial charge in [-0.2, -0.15) is 5.10 Å². The van der Waals surface area contributed by atoms with Crippen molar-refractivity contribution in [1.82, 2.24) is 29.5 Å². The zero-order chi connectivity index (χ0) is 23.6. The molecule has 7 rings (SSSR count). The molecule has 35 heavy (non-hydrogen) atoms. The second kappa shape index (κ2) is 7.71. The number of aryl methyl sites for hydroxylation is 1. The van der Waals surface area contributed by atoms with Crippen molar-refractivity contribution in [1.29, 1.82) is 0 Å². The molecule has 1 saturated heterocycles. The van der Waals surface area contributed by atoms with Crippen molar-refractivity contribution >= 4 is 34.0 Å². The van der Waals surface area contributed by atoms with Crippen molar-refractivity contribution in [2.45, 2.75) is 32.6 Å². The minimum absolute atomic E-state index is 0.332. The van der Waals surface area contributed by atoms with Gasteiger partial charge in [-0.15, -0.1) is 0 Å². The van der Waals surface area contributed by atoms with Crippen LogP contribution >= 0.6 is 11.6 Å². The lowest BCUT2D eigenvalue weighted by Gasteiger charge is -2.40. The van der Waals surface area contributed by atoms with Crippen LogP contribution in [0.3, 0.4) is 0 Å². The molecule has 1 spiro atoms. The fraction of sp³-hybridized carbons (Fsp3) is 0.296. The summed E-state index contributed by atoms with van der Waals surface area (Å²) < 4.78 is 1.97. The summed E-state index contributed by atoms with van der Waals surface area (Å²) in [5, 5.41) is 5.25. The third-order valence-corrected chi connectivity index (χ3v) is 8.13. The molecule has 0 radical (unpaired) electrons. The summed E-state index contributed by atoms with van der Waals surface area (Å²) in [5.41, 5.74) is 8.13. The van der Waals surface area contributed by atoms with E-state index in [1.807, 2.05) is 42.0 Å². The van der Waals surface area contributed by atoms with Crippen molar-refractivity contribution in [3.8, 4) is 11.3 Å². The Bertz CT molecular complexity index is 1570. The van der Waals surface area contributed by atoms with Crippen LogP contribution in [-0.4, -0.2) is 42.6 Å². The Kier molecular flexibility index (Phi) is 4.58. The van der Waals surface area contributed by atoms with Crippen LogP contribution in [0.15, 0.2) is 55.1 Å². The first kappa shape index (κ1) is 20.8. The number of piperidine rings is 1. The van der Waals surface area contributed by atoms with Crippen LogP contribution in [0.5, 0.6) is 0 Å². The summed E-state index contributed by atoms with van der Waals surface area (Å²) in [6.07, 6.45) is 11.6. The number of hydrogen-bond donors (Lipinski definition) is 0. The average molecular weight is 482 g/mol. The molecular formula is C27H24ClN7. The van der Waals surface area contributed by atoms with E-state index >= 15 is 0 Å². The van der Waals surface area contributed by atoms with Crippen molar-refractivity contribution < 1.29 is 0 Å². The highest BCUT2D eigenvalue weighted by Crippen LogP contribution is 2.45. The Morgan fingerprint density at radius 2 is 1.77 bits per heavy atom. The van der Waals surface area contributed by atoms with Gasteiger partial charge in [0.2, 0.25) is 0 Å². The predicted molar refractivity (Wildman–Crippen MR) is 137 cm³/mol. The molecule has 174 valence electrons. The number of aromatic nitrogens is 6. The minimum atomic E-state index is 0.332. The molecule has 5 heterocycles. The largest absolute Gasteiger partial charge is 0.355 e. The topological polar surface area (TPSA) is 72.1 Å². The van der Waals surface area contributed by atoms with E-state index in [4.69, 9.17) is 16.6 Å². The molecule has 0 unspecified atom stereocenters. The van der Waals surface area contributed by atoms with E-state index in [9.17, 15) is 0 Å². The van der Waals surface area contributed by atoms with Crippen LogP contribution in [0.2, 0.25) is 5.02 Å². The van der Waals surface area contributed by atoms with Crippen LogP contribution in [0, 0.1) is 12.3 Å². The number of hydrogen-bond acceptors (Lipinski definition) is 6. The molecule has 1 aromatic carbocycles. The van der Waals surface area contributed by atoms with Crippen molar-refractivity contribution in [3.63, 3.8) is 0 Å². The van der Waals surface area contributed by atoms with Gasteiger partial charge in [0.15, 0.2) is 5.82 Å². The van der Waals surface area contributed by atoms with Gasteiger partial charge in [-0.3, -0.25) is 15.0 Å². The van der Waals surface area contributed by atoms with Gasteiger partial charge in [0.1, 0.15) is 11.0 Å². The van der Waals surface area contributed by atoms with E-state index in [0.29, 0.717) is 16.0 Å². The Morgan fingerprint density at radius 1 is 0.914 bits per heavy atom. The maximum atomic E-state index is 6.82. The first-order chi connectivity index (χ1) is 17.1. The molecule has 1 fully saturated rings. The quantitative estimate of drug-likeness (QED) is 0.350. The number of anilines is 1. The number of rotatable bonds is 2. The highest BCUT2D eigenvalue weighted by Gasteiger charge is 2.41. The summed E-state index contributed by atoms with van der Waals surface area (Å²) in [7, 11) is 0. The van der Waals surface area contributed by atoms with E-state index in [-0.39, 0.29) is 0 Å². The molecule has 0 amide bonds. The van der Waals surface area contributed by atoms with Gasteiger partial charge in [-0.05, 0) is 67.9 Å². The molecule has 4 aromatic heterocycles. The van der Waals surface area contributed by atoms with Crippen LogP contribution in [-0.2, 0) is 12.8 Å². The van der Waals surface area contributed by atoms with Crippen molar-refractivity contribution in [3.05, 3.63) is 77.1 Å². The van der Waals surface area contributed by atoms with E-state index in [1.54, 1.807) is 12.4 Å². The Balaban J connectivity index is 1.24. The van der Waals surface area contributed by atoms with Crippen LogP contribution < -0.4 is 4.90 Å². The van der Waals surface area contributed by atoms with Gasteiger partial charge in [0, 0.05) is 42.9 Å². The summed E-state index contributed by atoms with van der Waals surface area (Å²) in [5.74, 6) is 0.990. The fourth-order valence-electron chi connectivity index (χ4n) is 5.96. The number of halogens is 1. The van der Waals surface area contributed by atoms with Gasteiger partial charge < -0.3 is 4.90 Å². The van der Waals surface area contributed by atoms with Gasteiger partial charge in [0.25, 0.3) is 0 Å². The second-order valence-corrected chi connectivity index (χ2v) is 10.2. The number of nitrogens with zero attached hydrogens (tertiary/aromatic N) is 7. The first-order valence-corrected chi connectivity index (χ1v) is 12.4. The zero-order valence-corrected chi connectivity index (χ0v) is 20.2. The lowest BCUT2D eigenvalue weighted by atomic mass is 9.76. The normalized spacial score (nSPS) is 16.9. The molecule has 0 saturated carbocycles. The minimum Gasteiger partial charge on any atom is -0.355 e. The van der Waals surface area contributed by atoms with Crippen LogP contribution in [0.1, 0.15) is 29.8 Å². The van der Waals surface area contributed by atoms with E-state index in [0.717, 1.165) is 72.6 Å². The van der Waals surface area contributed by atoms with E-state index < -0.39 is 0 Å². The third kappa shape index (κ3) is 3.22. The Labute approximate surface area is 207 Å². The predicted octanol–water partition coefficient (Wildman–Crippen LogP) is 5.08. The summed E-state index contributed by atoms with van der Waals surface area (Å²) >= 11 is 6.82. The Morgan fingerprint density at radius 3 is 2.63 bits per heavy atom. The van der Waals surface area contributed by atoms with Gasteiger partial charge >= 0.3 is 0 Å². The third-order valence-electron chi connectivity index (χ3n) is 7.75. The molecule has 1 aliphatic carbocycles. The molecule has 0 atom stereocenters. The smallest absolute Gasteiger partial charge is 0.155 e. The standard InChI is InChI=1S/C27H24ClN7/c1-17-25(19-4-5-20-24(23(19)28)31-12-11-30-20)35-22(6-10-32-35)26(33-17)34-13-7-27(8-14-34)15-18-3-2-9-29-21(18)16-27/h2-6,9-12H,7-8,13-16H2,1H3. The second-order valence-electron chi connectivity index (χ2n) is 9.80. The van der Waals surface area contributed by atoms with E-state index in [2.05, 4.69) is 37.1 Å². The summed E-state index contributed by atoms with van der Waals surface area (Å²) in [6, 6.07) is 10.3. The zero-order valence-electron chi connectivity index (χ0n) is 19.4. The first-order valence-electron chi connectivity index (χ1n) is 12.0. The lowest BCUT2D eigenvalue weighted by molar-refractivity contribution is 0.231. The van der Waals surface area contributed by atoms with Gasteiger partial charge in [-0.1, -0.05) is 17.7 Å². The molecule has 0 bridgehead atoms. The van der Waals surface area contributed by atoms with Crippen LogP contribution in [0.4, 0.5) is 5.82 Å². The molecular weight excluding hydrogens is 458 g/mol. The van der Waals surface area contributed by atoms with Gasteiger partial charge in [0.05, 0.1) is 28.1 Å². The number of fused-ring (bicyclic) bond motifs is 3. The SMILES string of the molecule is Cc1nc(N2CCC3(CC2)Cc2cccnc2C3)c2ccnn2c1-c1ccc2nccnc2c1Cl. The number of benzene rings is 1. The molecule has 5 aromatic rings. The highest BCUT2D eigenvalue weighted by atomic mass is 35.5. The Hall–Kier alpha value is -3.58. The monoisotopic (exact) mass is 481 g/mol. The maximum Gasteiger partial charge on any atom is 0.155 e. The highest BCUT2D eigenvalue weighted by molar-refractivity contribution is 6.37. The number of pyridine rings is 1.